The van der Waals surface area contributed by atoms with Crippen molar-refractivity contribution in [1.29, 1.82) is 0 Å². The maximum atomic E-state index is 12.4. The molecule has 1 fully saturated rings. The number of aliphatic carboxylic acids is 1. The van der Waals surface area contributed by atoms with Crippen molar-refractivity contribution in [2.45, 2.75) is 34.7 Å². The van der Waals surface area contributed by atoms with E-state index >= 15 is 0 Å². The summed E-state index contributed by atoms with van der Waals surface area (Å²) in [6.45, 7) is 0.386. The number of benzene rings is 1. The van der Waals surface area contributed by atoms with Crippen LogP contribution in [0.2, 0.25) is 0 Å². The average molecular weight is 373 g/mol. The first-order chi connectivity index (χ1) is 11.2. The smallest absolute Gasteiger partial charge is 0.324 e. The van der Waals surface area contributed by atoms with Crippen molar-refractivity contribution >= 4 is 28.6 Å². The quantitative estimate of drug-likeness (QED) is 0.504. The number of rotatable bonds is 6. The van der Waals surface area contributed by atoms with Crippen LogP contribution in [0.5, 0.6) is 0 Å². The number of nitroso groups, excluding NO2 is 1. The van der Waals surface area contributed by atoms with Crippen LogP contribution < -0.4 is 4.72 Å². The Morgan fingerprint density at radius 3 is 2.58 bits per heavy atom. The number of sulfonamides is 1. The molecule has 2 rings (SSSR count). The molecule has 1 aliphatic rings. The predicted octanol–water partition coefficient (Wildman–Crippen LogP) is 0.905. The second kappa shape index (κ2) is 7.18. The van der Waals surface area contributed by atoms with Crippen LogP contribution >= 0.6 is 12.6 Å². The van der Waals surface area contributed by atoms with Gasteiger partial charge in [-0.3, -0.25) is 9.69 Å². The minimum Gasteiger partial charge on any atom is -0.480 e. The van der Waals surface area contributed by atoms with Gasteiger partial charge in [0, 0.05) is 13.0 Å². The molecule has 1 aliphatic heterocycles. The Labute approximate surface area is 145 Å². The van der Waals surface area contributed by atoms with Crippen LogP contribution in [-0.4, -0.2) is 54.9 Å². The molecule has 10 heteroatoms. The molecule has 2 N–H and O–H groups in total. The van der Waals surface area contributed by atoms with Gasteiger partial charge in [-0.1, -0.05) is 23.4 Å². The van der Waals surface area contributed by atoms with Crippen LogP contribution in [0.1, 0.15) is 12.8 Å². The van der Waals surface area contributed by atoms with E-state index in [1.807, 2.05) is 4.90 Å². The van der Waals surface area contributed by atoms with Gasteiger partial charge in [-0.2, -0.15) is 22.3 Å². The number of piperidine rings is 1. The van der Waals surface area contributed by atoms with Crippen LogP contribution in [0.3, 0.4) is 0 Å². The summed E-state index contributed by atoms with van der Waals surface area (Å²) in [5.41, 5.74) is -1.59. The molecule has 1 heterocycles. The molecule has 0 radical (unpaired) electrons. The zero-order chi connectivity index (χ0) is 18.0. The average Bonchev–Trinajstić information content (AvgIpc) is 2.56. The number of likely N-dealkylation sites (tertiary alicyclic amines) is 1. The van der Waals surface area contributed by atoms with E-state index in [2.05, 4.69) is 22.5 Å². The molecule has 0 bridgehead atoms. The van der Waals surface area contributed by atoms with E-state index < -0.39 is 27.6 Å². The summed E-state index contributed by atoms with van der Waals surface area (Å²) in [5.74, 6) is -1.45. The van der Waals surface area contributed by atoms with Crippen molar-refractivity contribution < 1.29 is 18.3 Å². The Bertz CT molecular complexity index is 712. The van der Waals surface area contributed by atoms with Crippen LogP contribution in [0, 0.1) is 4.91 Å². The molecule has 1 aromatic carbocycles. The lowest BCUT2D eigenvalue weighted by molar-refractivity contribution is -0.141. The molecular weight excluding hydrogens is 354 g/mol. The Morgan fingerprint density at radius 2 is 2.08 bits per heavy atom. The maximum Gasteiger partial charge on any atom is 0.324 e. The van der Waals surface area contributed by atoms with Gasteiger partial charge in [0.1, 0.15) is 11.6 Å². The van der Waals surface area contributed by atoms with Crippen molar-refractivity contribution in [3.05, 3.63) is 35.2 Å². The van der Waals surface area contributed by atoms with Gasteiger partial charge >= 0.3 is 5.97 Å². The summed E-state index contributed by atoms with van der Waals surface area (Å²) in [4.78, 5) is 25.0. The molecule has 0 aliphatic carbocycles. The first-order valence-corrected chi connectivity index (χ1v) is 9.25. The Hall–Kier alpha value is -1.49. The Morgan fingerprint density at radius 1 is 1.46 bits per heavy atom. The number of nitrogens with zero attached hydrogens (tertiary/aromatic N) is 2. The monoisotopic (exact) mass is 373 g/mol. The fourth-order valence-electron chi connectivity index (χ4n) is 2.70. The van der Waals surface area contributed by atoms with Crippen LogP contribution in [-0.2, 0) is 14.8 Å². The predicted molar refractivity (Wildman–Crippen MR) is 91.4 cm³/mol. The number of carboxylic acid groups (broad SMARTS) is 1. The number of carbonyl (C=O) groups is 1. The van der Waals surface area contributed by atoms with Crippen LogP contribution in [0.4, 0.5) is 0 Å². The lowest BCUT2D eigenvalue weighted by Crippen LogP contribution is -2.60. The largest absolute Gasteiger partial charge is 0.480 e. The van der Waals surface area contributed by atoms with Gasteiger partial charge in [-0.25, -0.2) is 8.42 Å². The zero-order valence-electron chi connectivity index (χ0n) is 13.0. The lowest BCUT2D eigenvalue weighted by atomic mass is 9.82. The lowest BCUT2D eigenvalue weighted by Gasteiger charge is -2.41. The molecule has 1 saturated heterocycles. The summed E-state index contributed by atoms with van der Waals surface area (Å²) in [6, 6.07) is 5.72. The van der Waals surface area contributed by atoms with Crippen molar-refractivity contribution in [2.75, 3.05) is 13.6 Å². The minimum atomic E-state index is -4.10. The molecule has 3 unspecified atom stereocenters. The number of carboxylic acids is 1. The Balaban J connectivity index is 2.35. The Kier molecular flexibility index (Phi) is 5.63. The third-order valence-electron chi connectivity index (χ3n) is 4.23. The maximum absolute atomic E-state index is 12.4. The first-order valence-electron chi connectivity index (χ1n) is 7.25. The summed E-state index contributed by atoms with van der Waals surface area (Å²) >= 11 is 4.32. The molecule has 3 atom stereocenters. The van der Waals surface area contributed by atoms with Crippen LogP contribution in [0.15, 0.2) is 40.4 Å². The van der Waals surface area contributed by atoms with E-state index in [9.17, 15) is 23.2 Å². The highest BCUT2D eigenvalue weighted by Gasteiger charge is 2.50. The minimum absolute atomic E-state index is 0.0321. The molecule has 1 aromatic rings. The standard InChI is InChI=1S/C14H19N3O5S2/c1-17-8-7-14(16-20,9-11(17)23)12(13(18)19)15-24(21,22)10-5-3-2-4-6-10/h2-6,11-12,15,23H,7-9H2,1H3,(H,18,19). The molecule has 0 spiro atoms. The van der Waals surface area contributed by atoms with E-state index in [1.54, 1.807) is 13.1 Å². The molecule has 0 saturated carbocycles. The summed E-state index contributed by atoms with van der Waals surface area (Å²) < 4.78 is 27.0. The normalized spacial score (nSPS) is 26.7. The summed E-state index contributed by atoms with van der Waals surface area (Å²) in [5, 5.41) is 12.2. The fraction of sp³-hybridized carbons (Fsp3) is 0.500. The van der Waals surface area contributed by atoms with E-state index in [0.29, 0.717) is 6.54 Å². The molecule has 132 valence electrons. The van der Waals surface area contributed by atoms with Gasteiger partial charge in [0.25, 0.3) is 0 Å². The number of hydrogen-bond acceptors (Lipinski definition) is 7. The second-order valence-corrected chi connectivity index (χ2v) is 8.13. The van der Waals surface area contributed by atoms with Crippen molar-refractivity contribution in [1.82, 2.24) is 9.62 Å². The molecule has 0 amide bonds. The first kappa shape index (κ1) is 18.8. The number of hydrogen-bond donors (Lipinski definition) is 3. The fourth-order valence-corrected chi connectivity index (χ4v) is 4.42. The van der Waals surface area contributed by atoms with Crippen molar-refractivity contribution in [2.24, 2.45) is 5.18 Å². The number of nitrogens with one attached hydrogen (secondary N) is 1. The summed E-state index contributed by atoms with van der Waals surface area (Å²) in [6.07, 6.45) is 0.155. The molecular formula is C14H19N3O5S2. The highest BCUT2D eigenvalue weighted by atomic mass is 32.2. The highest BCUT2D eigenvalue weighted by molar-refractivity contribution is 7.89. The number of thiol groups is 1. The van der Waals surface area contributed by atoms with Crippen molar-refractivity contribution in [3.63, 3.8) is 0 Å². The van der Waals surface area contributed by atoms with Crippen LogP contribution in [0.25, 0.3) is 0 Å². The van der Waals surface area contributed by atoms with E-state index in [0.717, 1.165) is 0 Å². The molecule has 24 heavy (non-hydrogen) atoms. The van der Waals surface area contributed by atoms with E-state index in [4.69, 9.17) is 0 Å². The zero-order valence-corrected chi connectivity index (χ0v) is 14.7. The van der Waals surface area contributed by atoms with Gasteiger partial charge in [0.15, 0.2) is 0 Å². The van der Waals surface area contributed by atoms with Gasteiger partial charge in [0.2, 0.25) is 10.0 Å². The van der Waals surface area contributed by atoms with Gasteiger partial charge in [-0.05, 0) is 25.6 Å². The third kappa shape index (κ3) is 3.77. The third-order valence-corrected chi connectivity index (χ3v) is 6.25. The van der Waals surface area contributed by atoms with E-state index in [-0.39, 0.29) is 23.1 Å². The van der Waals surface area contributed by atoms with Gasteiger partial charge < -0.3 is 5.11 Å². The van der Waals surface area contributed by atoms with Gasteiger partial charge in [0.05, 0.1) is 10.3 Å². The summed E-state index contributed by atoms with van der Waals surface area (Å²) in [7, 11) is -2.31. The van der Waals surface area contributed by atoms with Crippen molar-refractivity contribution in [3.8, 4) is 0 Å². The highest BCUT2D eigenvalue weighted by Crippen LogP contribution is 2.35. The molecule has 0 aromatic heterocycles. The molecule has 8 nitrogen and oxygen atoms in total. The van der Waals surface area contributed by atoms with Gasteiger partial charge in [-0.15, -0.1) is 0 Å². The SMILES string of the molecule is CN1CCC(N=O)(C(NS(=O)(=O)c2ccccc2)C(=O)O)CC1S. The van der Waals surface area contributed by atoms with E-state index in [1.165, 1.54) is 24.3 Å². The topological polar surface area (TPSA) is 116 Å². The second-order valence-electron chi connectivity index (χ2n) is 5.82.